The third kappa shape index (κ3) is 4.26. The van der Waals surface area contributed by atoms with E-state index in [0.29, 0.717) is 22.4 Å². The number of aromatic nitrogens is 2. The lowest BCUT2D eigenvalue weighted by Gasteiger charge is -2.33. The highest BCUT2D eigenvalue weighted by Crippen LogP contribution is 2.42. The summed E-state index contributed by atoms with van der Waals surface area (Å²) in [6.45, 7) is 6.90. The fourth-order valence-electron chi connectivity index (χ4n) is 4.60. The van der Waals surface area contributed by atoms with Crippen molar-refractivity contribution < 1.29 is 4.39 Å². The number of hydrogen-bond donors (Lipinski definition) is 0. The van der Waals surface area contributed by atoms with Crippen LogP contribution in [0.15, 0.2) is 64.5 Å². The number of nitrogens with zero attached hydrogens (tertiary/aromatic N) is 2. The van der Waals surface area contributed by atoms with E-state index >= 15 is 0 Å². The van der Waals surface area contributed by atoms with Crippen LogP contribution in [0.25, 0.3) is 15.9 Å². The molecule has 170 valence electrons. The van der Waals surface area contributed by atoms with Gasteiger partial charge in [-0.3, -0.25) is 9.36 Å². The highest BCUT2D eigenvalue weighted by Gasteiger charge is 2.32. The Hall–Kier alpha value is -2.44. The van der Waals surface area contributed by atoms with Crippen molar-refractivity contribution in [2.45, 2.75) is 50.9 Å². The summed E-state index contributed by atoms with van der Waals surface area (Å²) in [5.41, 5.74) is 2.80. The monoisotopic (exact) mass is 478 g/mol. The largest absolute Gasteiger partial charge is 0.268 e. The molecular formula is C27H27FN2OS2. The highest BCUT2D eigenvalue weighted by molar-refractivity contribution is 7.98. The molecule has 1 aliphatic carbocycles. The molecule has 1 aliphatic rings. The summed E-state index contributed by atoms with van der Waals surface area (Å²) >= 11 is 3.07. The molecule has 4 aromatic rings. The number of aryl methyl sites for hydroxylation is 1. The zero-order chi connectivity index (χ0) is 23.2. The van der Waals surface area contributed by atoms with Crippen LogP contribution >= 0.6 is 23.1 Å². The molecular weight excluding hydrogens is 451 g/mol. The SMILES string of the molecule is CC(C)(C)[C@H]1CCc2c(sc3nc(SCc4ccccc4F)n(-c4ccccc4)c(=O)c23)C1. The first kappa shape index (κ1) is 22.4. The van der Waals surface area contributed by atoms with E-state index in [4.69, 9.17) is 4.98 Å². The summed E-state index contributed by atoms with van der Waals surface area (Å²) < 4.78 is 15.9. The Morgan fingerprint density at radius 1 is 1.12 bits per heavy atom. The van der Waals surface area contributed by atoms with Gasteiger partial charge in [-0.25, -0.2) is 9.37 Å². The summed E-state index contributed by atoms with van der Waals surface area (Å²) in [7, 11) is 0. The van der Waals surface area contributed by atoms with Crippen LogP contribution in [0, 0.1) is 17.2 Å². The number of thiophene rings is 1. The average Bonchev–Trinajstić information content (AvgIpc) is 3.16. The molecule has 0 saturated carbocycles. The Morgan fingerprint density at radius 2 is 1.85 bits per heavy atom. The first-order valence-corrected chi connectivity index (χ1v) is 13.1. The molecule has 0 bridgehead atoms. The molecule has 0 radical (unpaired) electrons. The number of fused-ring (bicyclic) bond motifs is 3. The molecule has 5 rings (SSSR count). The number of para-hydroxylation sites is 1. The molecule has 6 heteroatoms. The quantitative estimate of drug-likeness (QED) is 0.233. The number of hydrogen-bond acceptors (Lipinski definition) is 4. The second-order valence-electron chi connectivity index (χ2n) is 9.74. The van der Waals surface area contributed by atoms with Gasteiger partial charge in [-0.05, 0) is 59.9 Å². The molecule has 0 unspecified atom stereocenters. The zero-order valence-electron chi connectivity index (χ0n) is 19.1. The molecule has 3 nitrogen and oxygen atoms in total. The number of rotatable bonds is 4. The normalized spacial score (nSPS) is 16.2. The van der Waals surface area contributed by atoms with Crippen molar-refractivity contribution in [3.63, 3.8) is 0 Å². The van der Waals surface area contributed by atoms with Gasteiger partial charge < -0.3 is 0 Å². The lowest BCUT2D eigenvalue weighted by Crippen LogP contribution is -2.27. The Balaban J connectivity index is 1.63. The molecule has 33 heavy (non-hydrogen) atoms. The van der Waals surface area contributed by atoms with Crippen molar-refractivity contribution in [1.82, 2.24) is 9.55 Å². The van der Waals surface area contributed by atoms with Crippen LogP contribution in [0.4, 0.5) is 4.39 Å². The Bertz CT molecular complexity index is 1370. The van der Waals surface area contributed by atoms with Crippen LogP contribution in [0.3, 0.4) is 0 Å². The van der Waals surface area contributed by atoms with E-state index in [0.717, 1.165) is 35.2 Å². The molecule has 2 aromatic heterocycles. The Labute approximate surface area is 201 Å². The van der Waals surface area contributed by atoms with Gasteiger partial charge in [0, 0.05) is 10.6 Å². The van der Waals surface area contributed by atoms with Crippen molar-refractivity contribution in [2.24, 2.45) is 11.3 Å². The second-order valence-corrected chi connectivity index (χ2v) is 11.8. The lowest BCUT2D eigenvalue weighted by atomic mass is 9.72. The van der Waals surface area contributed by atoms with E-state index in [2.05, 4.69) is 20.8 Å². The third-order valence-corrected chi connectivity index (χ3v) is 8.74. The molecule has 0 aliphatic heterocycles. The Kier molecular flexibility index (Phi) is 5.91. The summed E-state index contributed by atoms with van der Waals surface area (Å²) in [5, 5.41) is 1.37. The van der Waals surface area contributed by atoms with Gasteiger partial charge in [0.2, 0.25) is 0 Å². The van der Waals surface area contributed by atoms with Gasteiger partial charge in [0.1, 0.15) is 10.6 Å². The Morgan fingerprint density at radius 3 is 2.58 bits per heavy atom. The number of benzene rings is 2. The summed E-state index contributed by atoms with van der Waals surface area (Å²) in [6, 6.07) is 16.4. The molecule has 2 heterocycles. The van der Waals surface area contributed by atoms with E-state index < -0.39 is 0 Å². The molecule has 1 atom stereocenters. The fraction of sp³-hybridized carbons (Fsp3) is 0.333. The maximum atomic E-state index is 14.2. The van der Waals surface area contributed by atoms with E-state index in [9.17, 15) is 9.18 Å². The molecule has 0 spiro atoms. The molecule has 2 aromatic carbocycles. The van der Waals surface area contributed by atoms with Gasteiger partial charge in [0.15, 0.2) is 5.16 Å². The van der Waals surface area contributed by atoms with Crippen LogP contribution in [0.5, 0.6) is 0 Å². The second kappa shape index (κ2) is 8.73. The van der Waals surface area contributed by atoms with E-state index in [1.165, 1.54) is 28.3 Å². The average molecular weight is 479 g/mol. The van der Waals surface area contributed by atoms with Crippen molar-refractivity contribution in [2.75, 3.05) is 0 Å². The van der Waals surface area contributed by atoms with Gasteiger partial charge in [-0.2, -0.15) is 0 Å². The van der Waals surface area contributed by atoms with Crippen molar-refractivity contribution in [1.29, 1.82) is 0 Å². The van der Waals surface area contributed by atoms with Gasteiger partial charge in [-0.15, -0.1) is 11.3 Å². The van der Waals surface area contributed by atoms with Crippen LogP contribution in [0.1, 0.15) is 43.2 Å². The summed E-state index contributed by atoms with van der Waals surface area (Å²) in [5.74, 6) is 0.776. The van der Waals surface area contributed by atoms with Gasteiger partial charge in [0.05, 0.1) is 11.1 Å². The first-order valence-electron chi connectivity index (χ1n) is 11.3. The van der Waals surface area contributed by atoms with Crippen LogP contribution in [-0.2, 0) is 18.6 Å². The standard InChI is InChI=1S/C27H27FN2OS2/c1-27(2,3)18-13-14-20-22(15-18)33-24-23(20)25(31)30(19-10-5-4-6-11-19)26(29-24)32-16-17-9-7-8-12-21(17)28/h4-12,18H,13-16H2,1-3H3/t18-/m0/s1. The minimum atomic E-state index is -0.237. The van der Waals surface area contributed by atoms with Crippen molar-refractivity contribution >= 4 is 33.3 Å². The van der Waals surface area contributed by atoms with Crippen LogP contribution in [0.2, 0.25) is 0 Å². The smallest absolute Gasteiger partial charge is 0.267 e. The van der Waals surface area contributed by atoms with E-state index in [-0.39, 0.29) is 16.8 Å². The third-order valence-electron chi connectivity index (χ3n) is 6.61. The number of thioether (sulfide) groups is 1. The van der Waals surface area contributed by atoms with E-state index in [1.54, 1.807) is 28.0 Å². The molecule has 0 saturated heterocycles. The van der Waals surface area contributed by atoms with Crippen LogP contribution < -0.4 is 5.56 Å². The fourth-order valence-corrected chi connectivity index (χ4v) is 6.94. The predicted octanol–water partition coefficient (Wildman–Crippen LogP) is 7.03. The summed E-state index contributed by atoms with van der Waals surface area (Å²) in [6.07, 6.45) is 3.02. The minimum absolute atomic E-state index is 0.0195. The van der Waals surface area contributed by atoms with E-state index in [1.807, 2.05) is 36.4 Å². The first-order chi connectivity index (χ1) is 15.8. The number of halogens is 1. The van der Waals surface area contributed by atoms with Crippen LogP contribution in [-0.4, -0.2) is 9.55 Å². The minimum Gasteiger partial charge on any atom is -0.268 e. The van der Waals surface area contributed by atoms with Gasteiger partial charge >= 0.3 is 0 Å². The predicted molar refractivity (Wildman–Crippen MR) is 136 cm³/mol. The van der Waals surface area contributed by atoms with Gasteiger partial charge in [-0.1, -0.05) is 68.9 Å². The van der Waals surface area contributed by atoms with Crippen molar-refractivity contribution in [3.05, 3.63) is 86.8 Å². The van der Waals surface area contributed by atoms with Crippen molar-refractivity contribution in [3.8, 4) is 5.69 Å². The topological polar surface area (TPSA) is 34.9 Å². The molecule has 0 N–H and O–H groups in total. The van der Waals surface area contributed by atoms with Gasteiger partial charge in [0.25, 0.3) is 5.56 Å². The zero-order valence-corrected chi connectivity index (χ0v) is 20.7. The molecule has 0 amide bonds. The maximum Gasteiger partial charge on any atom is 0.267 e. The summed E-state index contributed by atoms with van der Waals surface area (Å²) in [4.78, 5) is 21.0. The molecule has 0 fully saturated rings. The maximum absolute atomic E-state index is 14.2. The highest BCUT2D eigenvalue weighted by atomic mass is 32.2. The lowest BCUT2D eigenvalue weighted by molar-refractivity contribution is 0.218.